The summed E-state index contributed by atoms with van der Waals surface area (Å²) in [5.74, 6) is 2.38. The Kier molecular flexibility index (Phi) is 12.0. The number of hydrogen-bond donors (Lipinski definition) is 4. The van der Waals surface area contributed by atoms with Gasteiger partial charge in [-0.25, -0.2) is 0 Å². The zero-order chi connectivity index (χ0) is 32.3. The predicted octanol–water partition coefficient (Wildman–Crippen LogP) is 7.58. The van der Waals surface area contributed by atoms with E-state index in [1.54, 1.807) is 0 Å². The Balaban J connectivity index is 1.26. The lowest BCUT2D eigenvalue weighted by Crippen LogP contribution is -2.68. The lowest BCUT2D eigenvalue weighted by molar-refractivity contribution is -0.264. The summed E-state index contributed by atoms with van der Waals surface area (Å²) in [5, 5.41) is 44.7. The number of carbonyl (C=O) groups excluding carboxylic acids is 1. The van der Waals surface area contributed by atoms with E-state index in [4.69, 9.17) is 4.74 Å². The molecule has 1 unspecified atom stereocenters. The van der Waals surface area contributed by atoms with Crippen molar-refractivity contribution in [1.29, 1.82) is 0 Å². The number of aliphatic hydroxyl groups excluding tert-OH is 2. The highest BCUT2D eigenvalue weighted by Crippen LogP contribution is 2.69. The quantitative estimate of drug-likeness (QED) is 0.111. The van der Waals surface area contributed by atoms with Crippen LogP contribution in [0.3, 0.4) is 0 Å². The smallest absolute Gasteiger partial charge is 0.305 e. The number of carbonyl (C=O) groups is 1. The molecule has 256 valence electrons. The zero-order valence-corrected chi connectivity index (χ0v) is 29.2. The summed E-state index contributed by atoms with van der Waals surface area (Å²) in [6.07, 6.45) is 16.4. The Labute approximate surface area is 269 Å². The molecule has 4 saturated carbocycles. The Morgan fingerprint density at radius 2 is 1.61 bits per heavy atom. The molecule has 0 aromatic rings. The van der Waals surface area contributed by atoms with E-state index in [-0.39, 0.29) is 29.3 Å². The Morgan fingerprint density at radius 1 is 0.932 bits per heavy atom. The molecule has 4 aliphatic carbocycles. The Hall–Kier alpha value is -0.690. The van der Waals surface area contributed by atoms with E-state index in [2.05, 4.69) is 34.6 Å². The maximum Gasteiger partial charge on any atom is 0.305 e. The normalized spacial score (nSPS) is 41.1. The molecule has 4 rings (SSSR count). The lowest BCUT2D eigenvalue weighted by atomic mass is 9.42. The van der Waals surface area contributed by atoms with Crippen molar-refractivity contribution in [1.82, 2.24) is 0 Å². The summed E-state index contributed by atoms with van der Waals surface area (Å²) in [4.78, 5) is 12.3. The lowest BCUT2D eigenvalue weighted by Gasteiger charge is -2.65. The van der Waals surface area contributed by atoms with E-state index < -0.39 is 23.4 Å². The molecule has 0 amide bonds. The second-order valence-corrected chi connectivity index (χ2v) is 16.9. The van der Waals surface area contributed by atoms with Crippen LogP contribution in [-0.4, -0.2) is 56.4 Å². The minimum absolute atomic E-state index is 0.0322. The van der Waals surface area contributed by atoms with Gasteiger partial charge in [-0.2, -0.15) is 0 Å². The van der Waals surface area contributed by atoms with Crippen LogP contribution in [0.5, 0.6) is 0 Å². The fourth-order valence-electron chi connectivity index (χ4n) is 10.9. The van der Waals surface area contributed by atoms with E-state index in [9.17, 15) is 25.2 Å². The number of ether oxygens (including phenoxy) is 1. The molecule has 6 nitrogen and oxygen atoms in total. The third-order valence-corrected chi connectivity index (χ3v) is 14.2. The van der Waals surface area contributed by atoms with Crippen molar-refractivity contribution >= 4 is 5.97 Å². The molecule has 0 aliphatic heterocycles. The van der Waals surface area contributed by atoms with Crippen LogP contribution in [0.1, 0.15) is 157 Å². The molecule has 0 heterocycles. The molecule has 0 spiro atoms. The number of fused-ring (bicyclic) bond motifs is 5. The number of rotatable bonds is 15. The van der Waals surface area contributed by atoms with Crippen LogP contribution in [-0.2, 0) is 9.53 Å². The highest BCUT2D eigenvalue weighted by atomic mass is 16.5. The van der Waals surface area contributed by atoms with Gasteiger partial charge >= 0.3 is 5.97 Å². The predicted molar refractivity (Wildman–Crippen MR) is 176 cm³/mol. The second kappa shape index (κ2) is 14.6. The van der Waals surface area contributed by atoms with E-state index >= 15 is 0 Å². The molecule has 0 aromatic heterocycles. The Morgan fingerprint density at radius 3 is 2.32 bits per heavy atom. The first-order chi connectivity index (χ1) is 20.7. The standard InChI is InChI=1S/C38H68O6/c1-7-8-9-10-11-12-13-14-34(41)44-25-37(6,42)27(3)16-15-26(2)30-17-18-31-29-23-33(40)38(43)24-28(39)19-22-36(38,5)32(29)20-21-35(30,31)4/h26-33,39-40,42-43H,7-25H2,1-6H3/t26-,27+,28+,29+,30-,31+,32+,33-,35-,36-,37?,38+/m1/s1. The molecule has 0 radical (unpaired) electrons. The number of esters is 1. The maximum absolute atomic E-state index is 12.3. The fraction of sp³-hybridized carbons (Fsp3) is 0.974. The van der Waals surface area contributed by atoms with Crippen molar-refractivity contribution in [2.45, 2.75) is 181 Å². The van der Waals surface area contributed by atoms with Crippen molar-refractivity contribution < 1.29 is 30.0 Å². The molecule has 0 aromatic carbocycles. The van der Waals surface area contributed by atoms with Gasteiger partial charge in [-0.3, -0.25) is 4.79 Å². The second-order valence-electron chi connectivity index (χ2n) is 16.9. The fourth-order valence-corrected chi connectivity index (χ4v) is 10.9. The highest BCUT2D eigenvalue weighted by Gasteiger charge is 2.67. The van der Waals surface area contributed by atoms with Crippen LogP contribution in [0, 0.1) is 46.3 Å². The van der Waals surface area contributed by atoms with Gasteiger partial charge in [0.15, 0.2) is 0 Å². The van der Waals surface area contributed by atoms with Crippen molar-refractivity contribution in [2.24, 2.45) is 46.3 Å². The van der Waals surface area contributed by atoms with Crippen molar-refractivity contribution in [2.75, 3.05) is 6.61 Å². The summed E-state index contributed by atoms with van der Waals surface area (Å²) < 4.78 is 5.54. The van der Waals surface area contributed by atoms with Gasteiger partial charge in [0.05, 0.1) is 23.4 Å². The van der Waals surface area contributed by atoms with Gasteiger partial charge in [0, 0.05) is 18.3 Å². The topological polar surface area (TPSA) is 107 Å². The van der Waals surface area contributed by atoms with Gasteiger partial charge in [0.2, 0.25) is 0 Å². The van der Waals surface area contributed by atoms with E-state index in [0.717, 1.165) is 44.9 Å². The van der Waals surface area contributed by atoms with Crippen LogP contribution in [0.15, 0.2) is 0 Å². The molecular formula is C38H68O6. The zero-order valence-electron chi connectivity index (χ0n) is 29.2. The highest BCUT2D eigenvalue weighted by molar-refractivity contribution is 5.69. The first kappa shape index (κ1) is 36.2. The van der Waals surface area contributed by atoms with Crippen LogP contribution in [0.2, 0.25) is 0 Å². The van der Waals surface area contributed by atoms with Crippen LogP contribution < -0.4 is 0 Å². The van der Waals surface area contributed by atoms with E-state index in [0.29, 0.717) is 48.9 Å². The molecule has 4 fully saturated rings. The molecule has 4 N–H and O–H groups in total. The van der Waals surface area contributed by atoms with Crippen molar-refractivity contribution in [3.8, 4) is 0 Å². The number of aliphatic hydroxyl groups is 4. The van der Waals surface area contributed by atoms with Gasteiger partial charge in [-0.1, -0.05) is 79.6 Å². The van der Waals surface area contributed by atoms with Crippen LogP contribution in [0.25, 0.3) is 0 Å². The largest absolute Gasteiger partial charge is 0.463 e. The first-order valence-electron chi connectivity index (χ1n) is 18.7. The summed E-state index contributed by atoms with van der Waals surface area (Å²) in [5.41, 5.74) is -2.32. The SMILES string of the molecule is CCCCCCCCCC(=O)OCC(C)(O)[C@@H](C)CC[C@@H](C)[C@H]1CC[C@H]2[C@@H]3C[C@@H](O)[C@@]4(O)C[C@@H](O)CC[C@]4(C)[C@H]3CC[C@]12C. The monoisotopic (exact) mass is 621 g/mol. The number of hydrogen-bond acceptors (Lipinski definition) is 6. The van der Waals surface area contributed by atoms with Gasteiger partial charge in [-0.15, -0.1) is 0 Å². The maximum atomic E-state index is 12.3. The van der Waals surface area contributed by atoms with E-state index in [1.165, 1.54) is 51.4 Å². The van der Waals surface area contributed by atoms with Crippen molar-refractivity contribution in [3.63, 3.8) is 0 Å². The average molecular weight is 621 g/mol. The molecule has 12 atom stereocenters. The van der Waals surface area contributed by atoms with Crippen molar-refractivity contribution in [3.05, 3.63) is 0 Å². The van der Waals surface area contributed by atoms with E-state index in [1.807, 2.05) is 6.92 Å². The molecular weight excluding hydrogens is 552 g/mol. The van der Waals surface area contributed by atoms with Crippen LogP contribution in [0.4, 0.5) is 0 Å². The summed E-state index contributed by atoms with van der Waals surface area (Å²) in [6.45, 7) is 13.3. The van der Waals surface area contributed by atoms with Gasteiger partial charge < -0.3 is 25.2 Å². The first-order valence-corrected chi connectivity index (χ1v) is 18.7. The minimum Gasteiger partial charge on any atom is -0.463 e. The van der Waals surface area contributed by atoms with Crippen LogP contribution >= 0.6 is 0 Å². The molecule has 0 bridgehead atoms. The molecule has 4 aliphatic rings. The van der Waals surface area contributed by atoms with Gasteiger partial charge in [0.25, 0.3) is 0 Å². The summed E-state index contributed by atoms with van der Waals surface area (Å²) in [7, 11) is 0. The Bertz CT molecular complexity index is 936. The van der Waals surface area contributed by atoms with Gasteiger partial charge in [-0.05, 0) is 106 Å². The molecule has 44 heavy (non-hydrogen) atoms. The number of unbranched alkanes of at least 4 members (excludes halogenated alkanes) is 6. The summed E-state index contributed by atoms with van der Waals surface area (Å²) >= 11 is 0. The minimum atomic E-state index is -1.18. The van der Waals surface area contributed by atoms with Gasteiger partial charge in [0.1, 0.15) is 6.61 Å². The third-order valence-electron chi connectivity index (χ3n) is 14.2. The molecule has 6 heteroatoms. The molecule has 0 saturated heterocycles. The third kappa shape index (κ3) is 7.24. The summed E-state index contributed by atoms with van der Waals surface area (Å²) in [6, 6.07) is 0. The average Bonchev–Trinajstić information content (AvgIpc) is 3.33.